The van der Waals surface area contributed by atoms with Gasteiger partial charge < -0.3 is 19.7 Å². The summed E-state index contributed by atoms with van der Waals surface area (Å²) in [7, 11) is 0. The first-order chi connectivity index (χ1) is 12.4. The number of allylic oxidation sites excluding steroid dienone is 2. The zero-order valence-electron chi connectivity index (χ0n) is 15.6. The lowest BCUT2D eigenvalue weighted by molar-refractivity contribution is -0.148. The molecule has 0 saturated carbocycles. The normalized spacial score (nSPS) is 30.0. The minimum absolute atomic E-state index is 0.0975. The maximum atomic E-state index is 12.4. The minimum Gasteiger partial charge on any atom is -0.458 e. The molecule has 6 heteroatoms. The number of aliphatic hydroxyl groups excluding tert-OH is 2. The van der Waals surface area contributed by atoms with Gasteiger partial charge in [0.15, 0.2) is 0 Å². The van der Waals surface area contributed by atoms with Crippen LogP contribution in [-0.2, 0) is 19.1 Å². The van der Waals surface area contributed by atoms with Crippen LogP contribution in [0.4, 0.5) is 0 Å². The summed E-state index contributed by atoms with van der Waals surface area (Å²) < 4.78 is 11.2. The Hall–Kier alpha value is -1.92. The maximum absolute atomic E-state index is 12.4. The topological polar surface area (TPSA) is 93.1 Å². The molecule has 0 aromatic carbocycles. The molecule has 2 N–H and O–H groups in total. The summed E-state index contributed by atoms with van der Waals surface area (Å²) in [6, 6.07) is 0. The molecule has 4 unspecified atom stereocenters. The molecule has 1 aliphatic carbocycles. The molecule has 144 valence electrons. The van der Waals surface area contributed by atoms with E-state index >= 15 is 0 Å². The standard InChI is InChI=1S/C20H28O6/c1-4-15(11-22)20(24)26-16-8-12(2)6-5-7-14(10-21)9-17-18(16)13(3)19(23)25-17/h4,6,9,13,16-18,21-22H,5,7-8,10-11H2,1-3H3. The largest absolute Gasteiger partial charge is 0.458 e. The van der Waals surface area contributed by atoms with Gasteiger partial charge in [0.25, 0.3) is 0 Å². The van der Waals surface area contributed by atoms with Crippen LogP contribution in [0.15, 0.2) is 34.9 Å². The summed E-state index contributed by atoms with van der Waals surface area (Å²) in [6.45, 7) is 4.90. The first-order valence-corrected chi connectivity index (χ1v) is 9.04. The molecule has 1 fully saturated rings. The number of esters is 2. The zero-order chi connectivity index (χ0) is 19.3. The van der Waals surface area contributed by atoms with Gasteiger partial charge in [-0.1, -0.05) is 24.6 Å². The highest BCUT2D eigenvalue weighted by atomic mass is 16.6. The molecule has 0 bridgehead atoms. The van der Waals surface area contributed by atoms with Gasteiger partial charge in [0, 0.05) is 6.42 Å². The van der Waals surface area contributed by atoms with Gasteiger partial charge in [0.2, 0.25) is 0 Å². The van der Waals surface area contributed by atoms with Crippen molar-refractivity contribution < 1.29 is 29.3 Å². The average Bonchev–Trinajstić information content (AvgIpc) is 2.88. The highest BCUT2D eigenvalue weighted by Crippen LogP contribution is 2.37. The lowest BCUT2D eigenvalue weighted by Crippen LogP contribution is -2.36. The minimum atomic E-state index is -0.582. The molecular weight excluding hydrogens is 336 g/mol. The lowest BCUT2D eigenvalue weighted by atomic mass is 9.82. The van der Waals surface area contributed by atoms with E-state index in [9.17, 15) is 19.8 Å². The van der Waals surface area contributed by atoms with Crippen LogP contribution in [0, 0.1) is 11.8 Å². The maximum Gasteiger partial charge on any atom is 0.336 e. The zero-order valence-corrected chi connectivity index (χ0v) is 15.6. The molecule has 0 amide bonds. The van der Waals surface area contributed by atoms with Gasteiger partial charge in [0.05, 0.1) is 30.6 Å². The fourth-order valence-electron chi connectivity index (χ4n) is 3.54. The molecule has 1 saturated heterocycles. The Morgan fingerprint density at radius 1 is 1.42 bits per heavy atom. The van der Waals surface area contributed by atoms with Gasteiger partial charge in [-0.05, 0) is 38.3 Å². The van der Waals surface area contributed by atoms with E-state index in [0.717, 1.165) is 17.6 Å². The van der Waals surface area contributed by atoms with Gasteiger partial charge in [-0.2, -0.15) is 0 Å². The summed E-state index contributed by atoms with van der Waals surface area (Å²) >= 11 is 0. The number of rotatable bonds is 4. The Labute approximate surface area is 154 Å². The van der Waals surface area contributed by atoms with Crippen molar-refractivity contribution in [2.75, 3.05) is 13.2 Å². The summed E-state index contributed by atoms with van der Waals surface area (Å²) in [5, 5.41) is 18.9. The molecule has 4 atom stereocenters. The predicted molar refractivity (Wildman–Crippen MR) is 96.0 cm³/mol. The predicted octanol–water partition coefficient (Wildman–Crippen LogP) is 2.06. The first-order valence-electron chi connectivity index (χ1n) is 9.04. The number of carbonyl (C=O) groups is 2. The SMILES string of the molecule is CC=C(CO)C(=O)OC1CC(C)=CCCC(CO)=CC2OC(=O)C(C)C21. The average molecular weight is 364 g/mol. The fraction of sp³-hybridized carbons (Fsp3) is 0.600. The summed E-state index contributed by atoms with van der Waals surface area (Å²) in [6.07, 6.45) is 6.24. The Bertz CT molecular complexity index is 630. The van der Waals surface area contributed by atoms with E-state index in [2.05, 4.69) is 6.08 Å². The smallest absolute Gasteiger partial charge is 0.336 e. The van der Waals surface area contributed by atoms with Crippen LogP contribution in [0.1, 0.15) is 40.0 Å². The molecule has 0 aromatic heterocycles. The van der Waals surface area contributed by atoms with Crippen LogP contribution < -0.4 is 0 Å². The molecule has 1 heterocycles. The Balaban J connectivity index is 2.38. The van der Waals surface area contributed by atoms with Gasteiger partial charge in [-0.25, -0.2) is 4.79 Å². The van der Waals surface area contributed by atoms with Crippen molar-refractivity contribution in [3.63, 3.8) is 0 Å². The number of carbonyl (C=O) groups excluding carboxylic acids is 2. The molecule has 6 nitrogen and oxygen atoms in total. The molecule has 2 rings (SSSR count). The fourth-order valence-corrected chi connectivity index (χ4v) is 3.54. The monoisotopic (exact) mass is 364 g/mol. The number of fused-ring (bicyclic) bond motifs is 1. The van der Waals surface area contributed by atoms with E-state index in [0.29, 0.717) is 12.8 Å². The van der Waals surface area contributed by atoms with Crippen LogP contribution in [0.25, 0.3) is 0 Å². The molecule has 1 aliphatic heterocycles. The second-order valence-electron chi connectivity index (χ2n) is 6.96. The van der Waals surface area contributed by atoms with Crippen molar-refractivity contribution >= 4 is 11.9 Å². The van der Waals surface area contributed by atoms with E-state index in [1.807, 2.05) is 6.92 Å². The third kappa shape index (κ3) is 4.62. The summed E-state index contributed by atoms with van der Waals surface area (Å²) in [4.78, 5) is 24.5. The second kappa shape index (κ2) is 9.14. The van der Waals surface area contributed by atoms with Crippen LogP contribution >= 0.6 is 0 Å². The molecule has 2 aliphatic rings. The highest BCUT2D eigenvalue weighted by molar-refractivity contribution is 5.88. The summed E-state index contributed by atoms with van der Waals surface area (Å²) in [5.41, 5.74) is 2.05. The number of hydrogen-bond donors (Lipinski definition) is 2. The van der Waals surface area contributed by atoms with Crippen molar-refractivity contribution in [3.8, 4) is 0 Å². The van der Waals surface area contributed by atoms with Crippen LogP contribution in [0.5, 0.6) is 0 Å². The third-order valence-electron chi connectivity index (χ3n) is 5.13. The molecule has 0 aromatic rings. The lowest BCUT2D eigenvalue weighted by Gasteiger charge is -2.29. The summed E-state index contributed by atoms with van der Waals surface area (Å²) in [5.74, 6) is -1.68. The number of aliphatic hydroxyl groups is 2. The van der Waals surface area contributed by atoms with Gasteiger partial charge in [0.1, 0.15) is 12.2 Å². The van der Waals surface area contributed by atoms with E-state index in [-0.39, 0.29) is 24.1 Å². The first kappa shape index (κ1) is 20.4. The Kier molecular flexibility index (Phi) is 7.17. The Morgan fingerprint density at radius 2 is 2.15 bits per heavy atom. The quantitative estimate of drug-likeness (QED) is 0.451. The molecule has 0 radical (unpaired) electrons. The number of ether oxygens (including phenoxy) is 2. The molecule has 26 heavy (non-hydrogen) atoms. The van der Waals surface area contributed by atoms with E-state index in [1.54, 1.807) is 19.9 Å². The van der Waals surface area contributed by atoms with E-state index in [1.165, 1.54) is 6.08 Å². The van der Waals surface area contributed by atoms with Crippen molar-refractivity contribution in [2.45, 2.75) is 52.2 Å². The van der Waals surface area contributed by atoms with Gasteiger partial charge in [-0.15, -0.1) is 0 Å². The van der Waals surface area contributed by atoms with Crippen LogP contribution in [0.2, 0.25) is 0 Å². The van der Waals surface area contributed by atoms with Crippen molar-refractivity contribution in [2.24, 2.45) is 11.8 Å². The van der Waals surface area contributed by atoms with Crippen molar-refractivity contribution in [3.05, 3.63) is 34.9 Å². The van der Waals surface area contributed by atoms with Crippen molar-refractivity contribution in [1.29, 1.82) is 0 Å². The van der Waals surface area contributed by atoms with Gasteiger partial charge in [-0.3, -0.25) is 4.79 Å². The van der Waals surface area contributed by atoms with Gasteiger partial charge >= 0.3 is 11.9 Å². The highest BCUT2D eigenvalue weighted by Gasteiger charge is 2.47. The molecular formula is C20H28O6. The van der Waals surface area contributed by atoms with E-state index < -0.39 is 30.7 Å². The third-order valence-corrected chi connectivity index (χ3v) is 5.13. The second-order valence-corrected chi connectivity index (χ2v) is 6.96. The Morgan fingerprint density at radius 3 is 2.77 bits per heavy atom. The molecule has 0 spiro atoms. The van der Waals surface area contributed by atoms with E-state index in [4.69, 9.17) is 9.47 Å². The van der Waals surface area contributed by atoms with Crippen molar-refractivity contribution in [1.82, 2.24) is 0 Å². The number of hydrogen-bond acceptors (Lipinski definition) is 6. The van der Waals surface area contributed by atoms with Crippen LogP contribution in [0.3, 0.4) is 0 Å². The van der Waals surface area contributed by atoms with Crippen LogP contribution in [-0.4, -0.2) is 47.6 Å².